The largest absolute Gasteiger partial charge is 0.352 e. The third-order valence-corrected chi connectivity index (χ3v) is 3.63. The van der Waals surface area contributed by atoms with Crippen molar-refractivity contribution in [3.63, 3.8) is 0 Å². The third kappa shape index (κ3) is 4.10. The molecule has 0 aliphatic rings. The van der Waals surface area contributed by atoms with Crippen LogP contribution in [-0.4, -0.2) is 12.5 Å². The summed E-state index contributed by atoms with van der Waals surface area (Å²) >= 11 is 3.44. The van der Waals surface area contributed by atoms with Gasteiger partial charge in [-0.25, -0.2) is 0 Å². The fraction of sp³-hybridized carbons (Fsp3) is 0.500. The molecule has 18 heavy (non-hydrogen) atoms. The van der Waals surface area contributed by atoms with Crippen LogP contribution in [0.25, 0.3) is 0 Å². The zero-order valence-electron chi connectivity index (χ0n) is 11.2. The quantitative estimate of drug-likeness (QED) is 0.878. The summed E-state index contributed by atoms with van der Waals surface area (Å²) in [6.07, 6.45) is 0.691. The predicted molar refractivity (Wildman–Crippen MR) is 78.2 cm³/mol. The van der Waals surface area contributed by atoms with E-state index in [-0.39, 0.29) is 5.91 Å². The molecule has 1 amide bonds. The lowest BCUT2D eigenvalue weighted by Gasteiger charge is -2.23. The molecule has 0 aliphatic heterocycles. The first-order valence-corrected chi connectivity index (χ1v) is 6.89. The van der Waals surface area contributed by atoms with Crippen LogP contribution in [0.4, 0.5) is 0 Å². The Balaban J connectivity index is 2.65. The Bertz CT molecular complexity index is 430. The highest BCUT2D eigenvalue weighted by atomic mass is 79.9. The zero-order valence-corrected chi connectivity index (χ0v) is 12.8. The molecule has 0 fully saturated rings. The normalized spacial score (nSPS) is 11.4. The fourth-order valence-corrected chi connectivity index (χ4v) is 2.13. The van der Waals surface area contributed by atoms with Gasteiger partial charge in [0.2, 0.25) is 5.91 Å². The number of nitrogens with one attached hydrogen (secondary N) is 1. The second kappa shape index (κ2) is 6.34. The van der Waals surface area contributed by atoms with Crippen molar-refractivity contribution in [2.45, 2.75) is 33.7 Å². The van der Waals surface area contributed by atoms with Crippen molar-refractivity contribution >= 4 is 21.8 Å². The summed E-state index contributed by atoms with van der Waals surface area (Å²) < 4.78 is 1.03. The van der Waals surface area contributed by atoms with E-state index in [2.05, 4.69) is 21.2 Å². The number of hydrogen-bond acceptors (Lipinski definition) is 2. The van der Waals surface area contributed by atoms with Crippen LogP contribution < -0.4 is 11.1 Å². The van der Waals surface area contributed by atoms with Gasteiger partial charge in [-0.3, -0.25) is 4.79 Å². The van der Waals surface area contributed by atoms with E-state index in [4.69, 9.17) is 5.73 Å². The first-order valence-electron chi connectivity index (χ1n) is 6.10. The highest BCUT2D eigenvalue weighted by Crippen LogP contribution is 2.20. The minimum Gasteiger partial charge on any atom is -0.352 e. The molecule has 0 radical (unpaired) electrons. The van der Waals surface area contributed by atoms with Crippen LogP contribution >= 0.6 is 15.9 Å². The average molecular weight is 313 g/mol. The van der Waals surface area contributed by atoms with E-state index < -0.39 is 5.41 Å². The Labute approximate surface area is 117 Å². The number of carbonyl (C=O) groups is 1. The Kier molecular flexibility index (Phi) is 5.35. The molecule has 3 N–H and O–H groups in total. The number of halogens is 1. The second-order valence-corrected chi connectivity index (χ2v) is 6.09. The van der Waals surface area contributed by atoms with Gasteiger partial charge < -0.3 is 11.1 Å². The van der Waals surface area contributed by atoms with Crippen molar-refractivity contribution in [3.8, 4) is 0 Å². The highest BCUT2D eigenvalue weighted by molar-refractivity contribution is 9.10. The van der Waals surface area contributed by atoms with E-state index >= 15 is 0 Å². The topological polar surface area (TPSA) is 55.1 Å². The van der Waals surface area contributed by atoms with E-state index in [1.165, 1.54) is 5.56 Å². The average Bonchev–Trinajstić information content (AvgIpc) is 2.29. The van der Waals surface area contributed by atoms with Crippen LogP contribution in [0.3, 0.4) is 0 Å². The van der Waals surface area contributed by atoms with Crippen molar-refractivity contribution in [3.05, 3.63) is 33.8 Å². The van der Waals surface area contributed by atoms with Gasteiger partial charge >= 0.3 is 0 Å². The molecule has 3 nitrogen and oxygen atoms in total. The molecular weight excluding hydrogens is 292 g/mol. The minimum absolute atomic E-state index is 0.0484. The first kappa shape index (κ1) is 15.2. The molecule has 0 atom stereocenters. The molecule has 1 aromatic rings. The molecule has 0 heterocycles. The number of carbonyl (C=O) groups excluding carboxylic acids is 1. The maximum Gasteiger partial charge on any atom is 0.225 e. The lowest BCUT2D eigenvalue weighted by molar-refractivity contribution is -0.129. The molecule has 0 spiro atoms. The van der Waals surface area contributed by atoms with Gasteiger partial charge in [-0.15, -0.1) is 0 Å². The van der Waals surface area contributed by atoms with Crippen LogP contribution in [0.15, 0.2) is 22.7 Å². The summed E-state index contributed by atoms with van der Waals surface area (Å²) in [7, 11) is 0. The van der Waals surface area contributed by atoms with Gasteiger partial charge in [0.05, 0.1) is 0 Å². The molecule has 0 bridgehead atoms. The van der Waals surface area contributed by atoms with E-state index in [0.29, 0.717) is 19.5 Å². The molecule has 1 aromatic carbocycles. The monoisotopic (exact) mass is 312 g/mol. The van der Waals surface area contributed by atoms with E-state index in [1.807, 2.05) is 39.0 Å². The molecule has 100 valence electrons. The fourth-order valence-electron chi connectivity index (χ4n) is 1.72. The molecule has 0 saturated heterocycles. The van der Waals surface area contributed by atoms with Gasteiger partial charge in [0, 0.05) is 16.4 Å². The predicted octanol–water partition coefficient (Wildman–Crippen LogP) is 2.75. The van der Waals surface area contributed by atoms with Crippen molar-refractivity contribution in [1.29, 1.82) is 0 Å². The molecular formula is C14H21BrN2O. The van der Waals surface area contributed by atoms with Gasteiger partial charge in [-0.2, -0.15) is 0 Å². The van der Waals surface area contributed by atoms with Crippen molar-refractivity contribution < 1.29 is 4.79 Å². The summed E-state index contributed by atoms with van der Waals surface area (Å²) in [5.41, 5.74) is 7.41. The summed E-state index contributed by atoms with van der Waals surface area (Å²) in [4.78, 5) is 12.0. The van der Waals surface area contributed by atoms with Gasteiger partial charge in [-0.05, 0) is 43.1 Å². The number of benzene rings is 1. The summed E-state index contributed by atoms with van der Waals surface area (Å²) in [6.45, 7) is 6.96. The summed E-state index contributed by atoms with van der Waals surface area (Å²) in [6, 6.07) is 6.07. The Hall–Kier alpha value is -0.870. The van der Waals surface area contributed by atoms with Gasteiger partial charge in [0.25, 0.3) is 0 Å². The molecule has 1 rings (SSSR count). The maximum absolute atomic E-state index is 12.0. The van der Waals surface area contributed by atoms with Crippen molar-refractivity contribution in [2.75, 3.05) is 6.54 Å². The minimum atomic E-state index is -0.408. The van der Waals surface area contributed by atoms with Crippen LogP contribution in [0.2, 0.25) is 0 Å². The zero-order chi connectivity index (χ0) is 13.8. The van der Waals surface area contributed by atoms with Crippen LogP contribution in [0.1, 0.15) is 31.4 Å². The van der Waals surface area contributed by atoms with E-state index in [0.717, 1.165) is 10.0 Å². The number of rotatable bonds is 5. The number of nitrogens with two attached hydrogens (primary N) is 1. The Morgan fingerprint density at radius 2 is 2.11 bits per heavy atom. The standard InChI is InChI=1S/C14H21BrN2O/c1-10-4-5-12(15)8-11(10)9-17-13(18)14(2,3)6-7-16/h4-5,8H,6-7,9,16H2,1-3H3,(H,17,18). The van der Waals surface area contributed by atoms with Gasteiger partial charge in [0.15, 0.2) is 0 Å². The first-order chi connectivity index (χ1) is 8.36. The van der Waals surface area contributed by atoms with Gasteiger partial charge in [0.1, 0.15) is 0 Å². The SMILES string of the molecule is Cc1ccc(Br)cc1CNC(=O)C(C)(C)CCN. The molecule has 0 aliphatic carbocycles. The number of aryl methyl sites for hydroxylation is 1. The lowest BCUT2D eigenvalue weighted by Crippen LogP contribution is -2.37. The van der Waals surface area contributed by atoms with Crippen molar-refractivity contribution in [1.82, 2.24) is 5.32 Å². The van der Waals surface area contributed by atoms with Crippen LogP contribution in [-0.2, 0) is 11.3 Å². The van der Waals surface area contributed by atoms with Crippen LogP contribution in [0.5, 0.6) is 0 Å². The van der Waals surface area contributed by atoms with E-state index in [1.54, 1.807) is 0 Å². The van der Waals surface area contributed by atoms with E-state index in [9.17, 15) is 4.79 Å². The third-order valence-electron chi connectivity index (χ3n) is 3.13. The maximum atomic E-state index is 12.0. The molecule has 4 heteroatoms. The molecule has 0 aromatic heterocycles. The summed E-state index contributed by atoms with van der Waals surface area (Å²) in [5, 5.41) is 2.98. The molecule has 0 unspecified atom stereocenters. The van der Waals surface area contributed by atoms with Gasteiger partial charge in [-0.1, -0.05) is 35.8 Å². The lowest BCUT2D eigenvalue weighted by atomic mass is 9.88. The second-order valence-electron chi connectivity index (χ2n) is 5.18. The summed E-state index contributed by atoms with van der Waals surface area (Å²) in [5.74, 6) is 0.0484. The Morgan fingerprint density at radius 1 is 1.44 bits per heavy atom. The molecule has 0 saturated carbocycles. The van der Waals surface area contributed by atoms with Crippen LogP contribution in [0, 0.1) is 12.3 Å². The highest BCUT2D eigenvalue weighted by Gasteiger charge is 2.26. The smallest absolute Gasteiger partial charge is 0.225 e. The number of hydrogen-bond donors (Lipinski definition) is 2. The van der Waals surface area contributed by atoms with Crippen molar-refractivity contribution in [2.24, 2.45) is 11.1 Å². The Morgan fingerprint density at radius 3 is 2.72 bits per heavy atom. The number of amides is 1.